The zero-order valence-electron chi connectivity index (χ0n) is 14.6. The van der Waals surface area contributed by atoms with Crippen LogP contribution in [0.5, 0.6) is 0 Å². The second-order valence-electron chi connectivity index (χ2n) is 6.26. The third-order valence-electron chi connectivity index (χ3n) is 4.60. The molecule has 2 aliphatic rings. The lowest BCUT2D eigenvalue weighted by molar-refractivity contribution is -0.568. The third-order valence-corrected chi connectivity index (χ3v) is 4.60. The number of hydrogen-bond donors (Lipinski definition) is 3. The Morgan fingerprint density at radius 3 is 2.32 bits per heavy atom. The molecule has 0 spiro atoms. The summed E-state index contributed by atoms with van der Waals surface area (Å²) in [5.41, 5.74) is 2.63. The summed E-state index contributed by atoms with van der Waals surface area (Å²) >= 11 is 0. The maximum absolute atomic E-state index is 12.8. The van der Waals surface area contributed by atoms with Gasteiger partial charge in [-0.2, -0.15) is 18.2 Å². The number of aliphatic hydroxyl groups excluding tert-OH is 2. The van der Waals surface area contributed by atoms with E-state index in [4.69, 9.17) is 0 Å². The van der Waals surface area contributed by atoms with Crippen LogP contribution in [0.2, 0.25) is 0 Å². The van der Waals surface area contributed by atoms with Crippen molar-refractivity contribution >= 4 is 17.6 Å². The van der Waals surface area contributed by atoms with E-state index >= 15 is 0 Å². The minimum absolute atomic E-state index is 0. The second-order valence-corrected chi connectivity index (χ2v) is 6.26. The summed E-state index contributed by atoms with van der Waals surface area (Å²) in [5.74, 6) is -0.0936. The number of nitrogens with zero attached hydrogens (tertiary/aromatic N) is 2. The molecule has 4 rings (SSSR count). The molecule has 0 aromatic heterocycles. The van der Waals surface area contributed by atoms with E-state index in [1.807, 2.05) is 30.5 Å². The molecule has 2 aromatic rings. The molecule has 6 nitrogen and oxygen atoms in total. The summed E-state index contributed by atoms with van der Waals surface area (Å²) < 4.78 is 38.4. The van der Waals surface area contributed by atoms with E-state index in [1.165, 1.54) is 17.1 Å². The summed E-state index contributed by atoms with van der Waals surface area (Å²) in [6, 6.07) is 12.2. The lowest BCUT2D eigenvalue weighted by atomic mass is 10.1. The van der Waals surface area contributed by atoms with Crippen LogP contribution in [0.4, 0.5) is 18.9 Å². The normalized spacial score (nSPS) is 15.8. The molecular weight excluding hydrogens is 375 g/mol. The predicted molar refractivity (Wildman–Crippen MR) is 94.8 cm³/mol. The van der Waals surface area contributed by atoms with E-state index in [-0.39, 0.29) is 24.5 Å². The van der Waals surface area contributed by atoms with E-state index < -0.39 is 11.7 Å². The molecule has 28 heavy (non-hydrogen) atoms. The van der Waals surface area contributed by atoms with Crippen LogP contribution in [0, 0.1) is 0 Å². The Balaban J connectivity index is 0.00000225. The Bertz CT molecular complexity index is 1030. The molecule has 2 heterocycles. The molecule has 5 N–H and O–H groups in total. The Labute approximate surface area is 158 Å². The minimum Gasteiger partial charge on any atom is -0.870 e. The van der Waals surface area contributed by atoms with Gasteiger partial charge in [0.05, 0.1) is 17.9 Å². The molecule has 0 aliphatic carbocycles. The highest BCUT2D eigenvalue weighted by molar-refractivity contribution is 5.68. The average Bonchev–Trinajstić information content (AvgIpc) is 2.99. The Kier molecular flexibility index (Phi) is 5.07. The van der Waals surface area contributed by atoms with Crippen molar-refractivity contribution in [3.63, 3.8) is 0 Å². The van der Waals surface area contributed by atoms with Crippen molar-refractivity contribution in [3.8, 4) is 0 Å². The van der Waals surface area contributed by atoms with Crippen LogP contribution in [0.15, 0.2) is 60.1 Å². The van der Waals surface area contributed by atoms with E-state index in [2.05, 4.69) is 0 Å². The topological polar surface area (TPSA) is 93.5 Å². The molecule has 148 valence electrons. The maximum atomic E-state index is 12.8. The smallest absolute Gasteiger partial charge is 0.416 e. The van der Waals surface area contributed by atoms with Gasteiger partial charge in [0.1, 0.15) is 0 Å². The van der Waals surface area contributed by atoms with Crippen LogP contribution in [0.1, 0.15) is 5.56 Å². The number of rotatable bonds is 3. The van der Waals surface area contributed by atoms with Gasteiger partial charge in [-0.15, -0.1) is 0 Å². The molecule has 0 amide bonds. The molecule has 0 unspecified atom stereocenters. The van der Waals surface area contributed by atoms with Gasteiger partial charge in [-0.3, -0.25) is 0 Å². The van der Waals surface area contributed by atoms with Crippen LogP contribution in [0.25, 0.3) is 11.9 Å². The van der Waals surface area contributed by atoms with Gasteiger partial charge in [0.2, 0.25) is 0 Å². The summed E-state index contributed by atoms with van der Waals surface area (Å²) in [4.78, 5) is 1.74. The van der Waals surface area contributed by atoms with Crippen molar-refractivity contribution in [3.05, 3.63) is 76.1 Å². The van der Waals surface area contributed by atoms with Gasteiger partial charge < -0.3 is 20.6 Å². The fourth-order valence-corrected chi connectivity index (χ4v) is 3.35. The molecule has 0 saturated heterocycles. The largest absolute Gasteiger partial charge is 0.870 e. The van der Waals surface area contributed by atoms with Gasteiger partial charge in [0, 0.05) is 23.2 Å². The molecule has 0 saturated carbocycles. The number of nitrogens with two attached hydrogens (primary N) is 1. The van der Waals surface area contributed by atoms with E-state index in [9.17, 15) is 23.4 Å². The molecule has 0 bridgehead atoms. The molecule has 0 atom stereocenters. The van der Waals surface area contributed by atoms with Crippen LogP contribution in [-0.2, 0) is 6.18 Å². The minimum atomic E-state index is -4.41. The van der Waals surface area contributed by atoms with Crippen LogP contribution < -0.4 is 20.9 Å². The molecular formula is C19H18F3N3O3. The Morgan fingerprint density at radius 2 is 1.68 bits per heavy atom. The monoisotopic (exact) mass is 393 g/mol. The van der Waals surface area contributed by atoms with Gasteiger partial charge in [-0.05, 0) is 30.3 Å². The van der Waals surface area contributed by atoms with Crippen LogP contribution in [0.3, 0.4) is 0 Å². The fraction of sp³-hybridized carbons (Fsp3) is 0.158. The van der Waals surface area contributed by atoms with Crippen molar-refractivity contribution in [2.24, 2.45) is 0 Å². The zero-order chi connectivity index (χ0) is 19.2. The summed E-state index contributed by atoms with van der Waals surface area (Å²) in [7, 11) is 0. The van der Waals surface area contributed by atoms with Gasteiger partial charge >= 0.3 is 6.18 Å². The van der Waals surface area contributed by atoms with Gasteiger partial charge in [-0.25, -0.2) is 5.43 Å². The fourth-order valence-electron chi connectivity index (χ4n) is 3.35. The standard InChI is InChI=1S/C19H16F3N3O2.H2O/c20-19(21,22)13-5-7-14(8-6-13)25-18(27)17-16(23-25)15-4-2-1-3-12(15)11-24(17)9-10-26;/h1-8,11,23,26-27H,9-10H2;1H2. The third kappa shape index (κ3) is 3.19. The first-order valence-electron chi connectivity index (χ1n) is 8.34. The average molecular weight is 393 g/mol. The van der Waals surface area contributed by atoms with Crippen molar-refractivity contribution in [1.29, 1.82) is 0 Å². The highest BCUT2D eigenvalue weighted by atomic mass is 19.4. The first-order valence-corrected chi connectivity index (χ1v) is 8.34. The number of alkyl halides is 3. The van der Waals surface area contributed by atoms with Gasteiger partial charge in [0.25, 0.3) is 5.88 Å². The number of hydrogen-bond acceptors (Lipinski definition) is 5. The Morgan fingerprint density at radius 1 is 1.00 bits per heavy atom. The highest BCUT2D eigenvalue weighted by Crippen LogP contribution is 2.32. The molecule has 0 radical (unpaired) electrons. The SMILES string of the molecule is OCCN1C=c2ccccc2=C2[NH2+]N(c3ccc(C(F)(F)F)cc3)C(O)=C21.[OH-]. The lowest BCUT2D eigenvalue weighted by Crippen LogP contribution is -2.90. The summed E-state index contributed by atoms with van der Waals surface area (Å²) in [6.45, 7) is 0.176. The first kappa shape index (κ1) is 19.7. The van der Waals surface area contributed by atoms with E-state index in [0.29, 0.717) is 11.4 Å². The predicted octanol–water partition coefficient (Wildman–Crippen LogP) is 0.408. The van der Waals surface area contributed by atoms with E-state index in [0.717, 1.165) is 28.3 Å². The maximum Gasteiger partial charge on any atom is 0.416 e. The Hall–Kier alpha value is -3.01. The number of aliphatic hydroxyl groups is 2. The lowest BCUT2D eigenvalue weighted by Gasteiger charge is -2.21. The molecule has 0 fully saturated rings. The van der Waals surface area contributed by atoms with Crippen molar-refractivity contribution in [2.45, 2.75) is 6.18 Å². The van der Waals surface area contributed by atoms with Crippen molar-refractivity contribution in [2.75, 3.05) is 18.2 Å². The van der Waals surface area contributed by atoms with Crippen molar-refractivity contribution in [1.82, 2.24) is 4.90 Å². The number of anilines is 1. The number of β-amino-alcohol motifs (C(OH)–C–C–N with tert-alkyl or cyclic N) is 1. The molecule has 2 aromatic carbocycles. The van der Waals surface area contributed by atoms with Gasteiger partial charge in [-0.1, -0.05) is 18.2 Å². The quantitative estimate of drug-likeness (QED) is 0.657. The number of halogens is 3. The summed E-state index contributed by atoms with van der Waals surface area (Å²) in [6.07, 6.45) is -2.58. The van der Waals surface area contributed by atoms with Gasteiger partial charge in [0.15, 0.2) is 11.4 Å². The second kappa shape index (κ2) is 7.19. The summed E-state index contributed by atoms with van der Waals surface area (Å²) in [5, 5.41) is 23.4. The van der Waals surface area contributed by atoms with Crippen LogP contribution >= 0.6 is 0 Å². The molecule has 9 heteroatoms. The number of quaternary nitrogens is 1. The molecule has 2 aliphatic heterocycles. The van der Waals surface area contributed by atoms with Crippen molar-refractivity contribution < 1.29 is 34.3 Å². The first-order chi connectivity index (χ1) is 12.9. The van der Waals surface area contributed by atoms with E-state index in [1.54, 1.807) is 10.3 Å². The highest BCUT2D eigenvalue weighted by Gasteiger charge is 2.38. The van der Waals surface area contributed by atoms with Crippen LogP contribution in [-0.4, -0.2) is 33.7 Å². The zero-order valence-corrected chi connectivity index (χ0v) is 14.6. The number of fused-ring (bicyclic) bond motifs is 2. The number of benzene rings is 2.